The molecule has 1 amide bonds. The van der Waals surface area contributed by atoms with E-state index >= 15 is 0 Å². The number of carbonyl (C=O) groups is 2. The number of carbonyl (C=O) groups excluding carboxylic acids is 2. The van der Waals surface area contributed by atoms with Crippen molar-refractivity contribution in [3.8, 4) is 0 Å². The highest BCUT2D eigenvalue weighted by Gasteiger charge is 2.32. The second kappa shape index (κ2) is 10.7. The first-order valence-electron chi connectivity index (χ1n) is 9.33. The van der Waals surface area contributed by atoms with E-state index in [1.165, 1.54) is 23.2 Å². The predicted octanol–water partition coefficient (Wildman–Crippen LogP) is 2.64. The molecule has 31 heavy (non-hydrogen) atoms. The van der Waals surface area contributed by atoms with E-state index in [2.05, 4.69) is 20.3 Å². The third kappa shape index (κ3) is 6.88. The highest BCUT2D eigenvalue weighted by molar-refractivity contribution is 8.01. The molecular formula is C18H21ClN4O5S3. The molecular weight excluding hydrogens is 484 g/mol. The van der Waals surface area contributed by atoms with Crippen LogP contribution in [0.3, 0.4) is 0 Å². The van der Waals surface area contributed by atoms with Crippen LogP contribution in [0, 0.1) is 5.92 Å². The molecule has 168 valence electrons. The normalized spacial score (nSPS) is 17.3. The Hall–Kier alpha value is -1.73. The molecule has 9 nitrogen and oxygen atoms in total. The van der Waals surface area contributed by atoms with Gasteiger partial charge in [-0.2, -0.15) is 0 Å². The topological polar surface area (TPSA) is 119 Å². The van der Waals surface area contributed by atoms with Gasteiger partial charge < -0.3 is 10.1 Å². The Morgan fingerprint density at radius 3 is 2.77 bits per heavy atom. The minimum Gasteiger partial charge on any atom is -0.468 e. The highest BCUT2D eigenvalue weighted by Crippen LogP contribution is 2.27. The smallest absolute Gasteiger partial charge is 0.316 e. The maximum absolute atomic E-state index is 12.8. The Kier molecular flexibility index (Phi) is 8.28. The first-order valence-corrected chi connectivity index (χ1v) is 13.1. The molecule has 2 aromatic rings. The summed E-state index contributed by atoms with van der Waals surface area (Å²) in [4.78, 5) is 23.9. The van der Waals surface area contributed by atoms with Crippen LogP contribution in [-0.2, 0) is 30.1 Å². The number of benzene rings is 1. The van der Waals surface area contributed by atoms with Crippen molar-refractivity contribution >= 4 is 61.7 Å². The molecule has 0 bridgehead atoms. The average molecular weight is 505 g/mol. The number of rotatable bonds is 8. The number of amides is 1. The minimum atomic E-state index is -3.56. The van der Waals surface area contributed by atoms with E-state index in [9.17, 15) is 18.0 Å². The third-order valence-electron chi connectivity index (χ3n) is 4.59. The fraction of sp³-hybridized carbons (Fsp3) is 0.444. The van der Waals surface area contributed by atoms with Crippen molar-refractivity contribution in [3.05, 3.63) is 34.9 Å². The summed E-state index contributed by atoms with van der Waals surface area (Å²) in [5.74, 6) is -1.21. The summed E-state index contributed by atoms with van der Waals surface area (Å²) in [6.07, 6.45) is 1.18. The van der Waals surface area contributed by atoms with Crippen molar-refractivity contribution in [2.45, 2.75) is 22.9 Å². The van der Waals surface area contributed by atoms with Gasteiger partial charge in [-0.1, -0.05) is 46.8 Å². The molecule has 1 aromatic heterocycles. The Morgan fingerprint density at radius 1 is 1.32 bits per heavy atom. The maximum atomic E-state index is 12.8. The predicted molar refractivity (Wildman–Crippen MR) is 120 cm³/mol. The summed E-state index contributed by atoms with van der Waals surface area (Å²) in [5, 5.41) is 11.4. The van der Waals surface area contributed by atoms with E-state index in [0.717, 1.165) is 11.3 Å². The van der Waals surface area contributed by atoms with Gasteiger partial charge in [0.1, 0.15) is 0 Å². The van der Waals surface area contributed by atoms with Gasteiger partial charge in [0.2, 0.25) is 21.1 Å². The lowest BCUT2D eigenvalue weighted by Gasteiger charge is -2.31. The van der Waals surface area contributed by atoms with E-state index in [-0.39, 0.29) is 29.9 Å². The number of hydrogen-bond acceptors (Lipinski definition) is 9. The van der Waals surface area contributed by atoms with Gasteiger partial charge in [0.15, 0.2) is 4.34 Å². The van der Waals surface area contributed by atoms with Crippen molar-refractivity contribution in [3.63, 3.8) is 0 Å². The molecule has 3 rings (SSSR count). The van der Waals surface area contributed by atoms with Gasteiger partial charge in [-0.25, -0.2) is 12.7 Å². The van der Waals surface area contributed by atoms with Gasteiger partial charge in [-0.15, -0.1) is 10.2 Å². The van der Waals surface area contributed by atoms with Crippen LogP contribution in [-0.4, -0.2) is 60.7 Å². The average Bonchev–Trinajstić information content (AvgIpc) is 3.20. The number of ether oxygens (including phenoxy) is 1. The molecule has 0 spiro atoms. The zero-order chi connectivity index (χ0) is 22.4. The molecule has 0 saturated carbocycles. The van der Waals surface area contributed by atoms with Crippen molar-refractivity contribution in [2.75, 3.05) is 31.3 Å². The van der Waals surface area contributed by atoms with Crippen LogP contribution >= 0.6 is 34.7 Å². The molecule has 1 aliphatic heterocycles. The number of thioether (sulfide) groups is 1. The third-order valence-corrected chi connectivity index (χ3v) is 8.60. The fourth-order valence-electron chi connectivity index (χ4n) is 3.00. The zero-order valence-electron chi connectivity index (χ0n) is 16.6. The Bertz CT molecular complexity index is 1030. The number of anilines is 1. The van der Waals surface area contributed by atoms with Gasteiger partial charge in [-0.3, -0.25) is 9.59 Å². The number of methoxy groups -OCH3 is 1. The number of aromatic nitrogens is 2. The molecule has 0 unspecified atom stereocenters. The lowest BCUT2D eigenvalue weighted by Crippen LogP contribution is -2.44. The number of sulfonamides is 1. The number of nitrogens with one attached hydrogen (secondary N) is 1. The van der Waals surface area contributed by atoms with Crippen LogP contribution in [0.15, 0.2) is 28.6 Å². The number of hydrogen-bond donors (Lipinski definition) is 1. The van der Waals surface area contributed by atoms with Crippen molar-refractivity contribution in [1.82, 2.24) is 14.5 Å². The second-order valence-corrected chi connectivity index (χ2v) is 11.4. The lowest BCUT2D eigenvalue weighted by atomic mass is 9.99. The second-order valence-electron chi connectivity index (χ2n) is 6.81. The van der Waals surface area contributed by atoms with E-state index < -0.39 is 15.9 Å². The summed E-state index contributed by atoms with van der Waals surface area (Å²) in [6.45, 7) is 0.497. The van der Waals surface area contributed by atoms with Crippen LogP contribution in [0.2, 0.25) is 5.02 Å². The molecule has 1 fully saturated rings. The molecule has 1 saturated heterocycles. The van der Waals surface area contributed by atoms with Gasteiger partial charge in [-0.05, 0) is 30.5 Å². The van der Waals surface area contributed by atoms with Crippen molar-refractivity contribution in [1.29, 1.82) is 0 Å². The number of halogens is 1. The van der Waals surface area contributed by atoms with E-state index in [1.807, 2.05) is 0 Å². The van der Waals surface area contributed by atoms with Crippen LogP contribution in [0.5, 0.6) is 0 Å². The quantitative estimate of drug-likeness (QED) is 0.331. The van der Waals surface area contributed by atoms with Crippen LogP contribution in [0.4, 0.5) is 5.13 Å². The molecule has 13 heteroatoms. The monoisotopic (exact) mass is 504 g/mol. The largest absolute Gasteiger partial charge is 0.468 e. The van der Waals surface area contributed by atoms with Crippen molar-refractivity contribution in [2.24, 2.45) is 5.92 Å². The minimum absolute atomic E-state index is 0.0993. The standard InChI is InChI=1S/C18H21ClN4O5S3/c1-28-15(24)10-29-18-22-21-17(30-18)20-16(25)13-3-2-8-23(9-13)31(26,27)11-12-4-6-14(19)7-5-12/h4-7,13H,2-3,8-11H2,1H3,(H,20,21,25)/t13-/m0/s1. The Morgan fingerprint density at radius 2 is 2.06 bits per heavy atom. The molecule has 1 aliphatic rings. The van der Waals surface area contributed by atoms with Gasteiger partial charge >= 0.3 is 5.97 Å². The van der Waals surface area contributed by atoms with Crippen LogP contribution < -0.4 is 5.32 Å². The van der Waals surface area contributed by atoms with Gasteiger partial charge in [0, 0.05) is 18.1 Å². The number of nitrogens with zero attached hydrogens (tertiary/aromatic N) is 3. The SMILES string of the molecule is COC(=O)CSc1nnc(NC(=O)[C@H]2CCCN(S(=O)(=O)Cc3ccc(Cl)cc3)C2)s1. The summed E-state index contributed by atoms with van der Waals surface area (Å²) in [7, 11) is -2.26. The fourth-order valence-corrected chi connectivity index (χ4v) is 6.32. The van der Waals surface area contributed by atoms with Crippen molar-refractivity contribution < 1.29 is 22.7 Å². The maximum Gasteiger partial charge on any atom is 0.316 e. The van der Waals surface area contributed by atoms with E-state index in [4.69, 9.17) is 11.6 Å². The molecule has 1 N–H and O–H groups in total. The van der Waals surface area contributed by atoms with Crippen LogP contribution in [0.1, 0.15) is 18.4 Å². The summed E-state index contributed by atoms with van der Waals surface area (Å²) in [5.41, 5.74) is 0.641. The first-order chi connectivity index (χ1) is 14.8. The molecule has 1 atom stereocenters. The zero-order valence-corrected chi connectivity index (χ0v) is 19.8. The summed E-state index contributed by atoms with van der Waals surface area (Å²) < 4.78 is 32.1. The van der Waals surface area contributed by atoms with Gasteiger partial charge in [0.05, 0.1) is 24.5 Å². The lowest BCUT2D eigenvalue weighted by molar-refractivity contribution is -0.137. The number of piperidine rings is 1. The highest BCUT2D eigenvalue weighted by atomic mass is 35.5. The van der Waals surface area contributed by atoms with Crippen LogP contribution in [0.25, 0.3) is 0 Å². The molecule has 0 radical (unpaired) electrons. The molecule has 0 aliphatic carbocycles. The Balaban J connectivity index is 1.57. The van der Waals surface area contributed by atoms with Gasteiger partial charge in [0.25, 0.3) is 0 Å². The number of esters is 1. The first kappa shape index (κ1) is 23.9. The van der Waals surface area contributed by atoms with E-state index in [1.54, 1.807) is 24.3 Å². The van der Waals surface area contributed by atoms with E-state index in [0.29, 0.717) is 39.4 Å². The molecule has 1 aromatic carbocycles. The molecule has 2 heterocycles. The summed E-state index contributed by atoms with van der Waals surface area (Å²) >= 11 is 8.17. The summed E-state index contributed by atoms with van der Waals surface area (Å²) in [6, 6.07) is 6.66. The Labute approximate surface area is 193 Å².